The van der Waals surface area contributed by atoms with E-state index in [0.717, 1.165) is 12.1 Å². The average Bonchev–Trinajstić information content (AvgIpc) is 2.17. The smallest absolute Gasteiger partial charge is 0.305 e. The van der Waals surface area contributed by atoms with Crippen molar-refractivity contribution in [3.63, 3.8) is 0 Å². The van der Waals surface area contributed by atoms with Gasteiger partial charge in [-0.3, -0.25) is 9.59 Å². The normalized spacial score (nSPS) is 12.1. The van der Waals surface area contributed by atoms with E-state index in [9.17, 15) is 14.0 Å². The number of aliphatic carboxylic acids is 1. The molecule has 1 atom stereocenters. The van der Waals surface area contributed by atoms with E-state index < -0.39 is 29.4 Å². The maximum atomic E-state index is 12.5. The molecule has 0 aliphatic heterocycles. The lowest BCUT2D eigenvalue weighted by molar-refractivity contribution is -0.136. The van der Waals surface area contributed by atoms with Crippen molar-refractivity contribution in [2.75, 3.05) is 0 Å². The van der Waals surface area contributed by atoms with Crippen LogP contribution >= 0.6 is 11.6 Å². The zero-order chi connectivity index (χ0) is 11.4. The van der Waals surface area contributed by atoms with Crippen LogP contribution in [0.4, 0.5) is 4.39 Å². The van der Waals surface area contributed by atoms with Crippen LogP contribution in [0, 0.1) is 5.82 Å². The van der Waals surface area contributed by atoms with Crippen molar-refractivity contribution in [2.24, 2.45) is 0 Å². The SMILES string of the molecule is O=C(O)CC(Cl)C(=O)c1ccc(F)cc1. The fourth-order valence-corrected chi connectivity index (χ4v) is 1.30. The van der Waals surface area contributed by atoms with E-state index >= 15 is 0 Å². The zero-order valence-electron chi connectivity index (χ0n) is 7.61. The molecule has 0 spiro atoms. The van der Waals surface area contributed by atoms with Gasteiger partial charge in [0.05, 0.1) is 6.42 Å². The van der Waals surface area contributed by atoms with Crippen molar-refractivity contribution < 1.29 is 19.1 Å². The number of benzene rings is 1. The van der Waals surface area contributed by atoms with Gasteiger partial charge in [-0.25, -0.2) is 4.39 Å². The molecular weight excluding hydrogens is 223 g/mol. The summed E-state index contributed by atoms with van der Waals surface area (Å²) in [6.45, 7) is 0. The first-order valence-corrected chi connectivity index (χ1v) is 4.60. The van der Waals surface area contributed by atoms with Crippen LogP contribution in [0.3, 0.4) is 0 Å². The number of carboxylic acid groups (broad SMARTS) is 1. The number of hydrogen-bond acceptors (Lipinski definition) is 2. The second kappa shape index (κ2) is 4.89. The second-order valence-corrected chi connectivity index (χ2v) is 3.46. The third kappa shape index (κ3) is 3.32. The van der Waals surface area contributed by atoms with Gasteiger partial charge >= 0.3 is 5.97 Å². The first-order chi connectivity index (χ1) is 7.00. The Morgan fingerprint density at radius 2 is 1.87 bits per heavy atom. The minimum absolute atomic E-state index is 0.206. The number of carbonyl (C=O) groups is 2. The molecule has 0 fully saturated rings. The molecule has 0 heterocycles. The first-order valence-electron chi connectivity index (χ1n) is 4.16. The van der Waals surface area contributed by atoms with Gasteiger partial charge in [0.15, 0.2) is 5.78 Å². The van der Waals surface area contributed by atoms with Crippen LogP contribution in [0.5, 0.6) is 0 Å². The molecule has 0 saturated heterocycles. The van der Waals surface area contributed by atoms with Crippen LogP contribution in [-0.4, -0.2) is 22.2 Å². The van der Waals surface area contributed by atoms with Gasteiger partial charge in [-0.2, -0.15) is 0 Å². The minimum Gasteiger partial charge on any atom is -0.481 e. The summed E-state index contributed by atoms with van der Waals surface area (Å²) in [6.07, 6.45) is -0.447. The molecule has 1 aromatic carbocycles. The van der Waals surface area contributed by atoms with E-state index in [0.29, 0.717) is 0 Å². The Morgan fingerprint density at radius 1 is 1.33 bits per heavy atom. The highest BCUT2D eigenvalue weighted by atomic mass is 35.5. The number of carbonyl (C=O) groups excluding carboxylic acids is 1. The van der Waals surface area contributed by atoms with E-state index in [4.69, 9.17) is 16.7 Å². The average molecular weight is 231 g/mol. The van der Waals surface area contributed by atoms with Crippen molar-refractivity contribution in [3.8, 4) is 0 Å². The van der Waals surface area contributed by atoms with E-state index in [1.807, 2.05) is 0 Å². The topological polar surface area (TPSA) is 54.4 Å². The van der Waals surface area contributed by atoms with Crippen molar-refractivity contribution in [3.05, 3.63) is 35.6 Å². The molecule has 0 aliphatic carbocycles. The number of carboxylic acids is 1. The standard InChI is InChI=1S/C10H8ClFO3/c11-8(5-9(13)14)10(15)6-1-3-7(12)4-2-6/h1-4,8H,5H2,(H,13,14). The van der Waals surface area contributed by atoms with Crippen LogP contribution in [-0.2, 0) is 4.79 Å². The summed E-state index contributed by atoms with van der Waals surface area (Å²) in [5.41, 5.74) is 0.206. The van der Waals surface area contributed by atoms with Crippen LogP contribution in [0.25, 0.3) is 0 Å². The molecule has 0 amide bonds. The molecule has 1 rings (SSSR count). The Kier molecular flexibility index (Phi) is 3.80. The molecule has 3 nitrogen and oxygen atoms in total. The number of alkyl halides is 1. The quantitative estimate of drug-likeness (QED) is 0.637. The zero-order valence-corrected chi connectivity index (χ0v) is 8.37. The largest absolute Gasteiger partial charge is 0.481 e. The highest BCUT2D eigenvalue weighted by Gasteiger charge is 2.20. The summed E-state index contributed by atoms with van der Waals surface area (Å²) >= 11 is 5.58. The van der Waals surface area contributed by atoms with Gasteiger partial charge in [0.2, 0.25) is 0 Å². The second-order valence-electron chi connectivity index (χ2n) is 2.94. The van der Waals surface area contributed by atoms with E-state index in [2.05, 4.69) is 0 Å². The number of halogens is 2. The summed E-state index contributed by atoms with van der Waals surface area (Å²) in [5, 5.41) is 7.31. The molecule has 0 aliphatic rings. The lowest BCUT2D eigenvalue weighted by atomic mass is 10.1. The molecular formula is C10H8ClFO3. The Hall–Kier alpha value is -1.42. The van der Waals surface area contributed by atoms with Gasteiger partial charge in [0.25, 0.3) is 0 Å². The minimum atomic E-state index is -1.15. The summed E-state index contributed by atoms with van der Waals surface area (Å²) < 4.78 is 12.5. The molecule has 5 heteroatoms. The van der Waals surface area contributed by atoms with E-state index in [-0.39, 0.29) is 5.56 Å². The summed E-state index contributed by atoms with van der Waals surface area (Å²) in [6, 6.07) is 4.79. The number of hydrogen-bond donors (Lipinski definition) is 1. The van der Waals surface area contributed by atoms with Crippen LogP contribution in [0.15, 0.2) is 24.3 Å². The summed E-state index contributed by atoms with van der Waals surface area (Å²) in [7, 11) is 0. The van der Waals surface area contributed by atoms with Gasteiger partial charge in [0.1, 0.15) is 11.2 Å². The monoisotopic (exact) mass is 230 g/mol. The number of Topliss-reactive ketones (excluding diaryl/α,β-unsaturated/α-hetero) is 1. The van der Waals surface area contributed by atoms with Crippen molar-refractivity contribution in [1.29, 1.82) is 0 Å². The number of rotatable bonds is 4. The third-order valence-electron chi connectivity index (χ3n) is 1.77. The highest BCUT2D eigenvalue weighted by Crippen LogP contribution is 2.12. The van der Waals surface area contributed by atoms with Gasteiger partial charge in [0, 0.05) is 5.56 Å². The molecule has 1 aromatic rings. The molecule has 0 saturated carbocycles. The Morgan fingerprint density at radius 3 is 2.33 bits per heavy atom. The highest BCUT2D eigenvalue weighted by molar-refractivity contribution is 6.34. The van der Waals surface area contributed by atoms with Crippen molar-refractivity contribution in [2.45, 2.75) is 11.8 Å². The molecule has 1 unspecified atom stereocenters. The van der Waals surface area contributed by atoms with Crippen molar-refractivity contribution >= 4 is 23.4 Å². The Bertz CT molecular complexity index is 375. The molecule has 80 valence electrons. The molecule has 0 aromatic heterocycles. The fraction of sp³-hybridized carbons (Fsp3) is 0.200. The lowest BCUT2D eigenvalue weighted by Gasteiger charge is -2.05. The summed E-state index contributed by atoms with van der Waals surface area (Å²) in [5.74, 6) is -2.12. The lowest BCUT2D eigenvalue weighted by Crippen LogP contribution is -2.18. The van der Waals surface area contributed by atoms with Crippen molar-refractivity contribution in [1.82, 2.24) is 0 Å². The Balaban J connectivity index is 2.76. The predicted molar refractivity (Wildman–Crippen MR) is 52.6 cm³/mol. The van der Waals surface area contributed by atoms with Gasteiger partial charge < -0.3 is 5.11 Å². The van der Waals surface area contributed by atoms with E-state index in [1.54, 1.807) is 0 Å². The van der Waals surface area contributed by atoms with E-state index in [1.165, 1.54) is 12.1 Å². The van der Waals surface area contributed by atoms with Gasteiger partial charge in [-0.1, -0.05) is 0 Å². The van der Waals surface area contributed by atoms with Crippen LogP contribution < -0.4 is 0 Å². The molecule has 15 heavy (non-hydrogen) atoms. The van der Waals surface area contributed by atoms with Crippen LogP contribution in [0.1, 0.15) is 16.8 Å². The fourth-order valence-electron chi connectivity index (χ4n) is 1.04. The van der Waals surface area contributed by atoms with Crippen LogP contribution in [0.2, 0.25) is 0 Å². The maximum Gasteiger partial charge on any atom is 0.305 e. The van der Waals surface area contributed by atoms with Gasteiger partial charge in [-0.15, -0.1) is 11.6 Å². The molecule has 0 bridgehead atoms. The number of ketones is 1. The molecule has 0 radical (unpaired) electrons. The van der Waals surface area contributed by atoms with Gasteiger partial charge in [-0.05, 0) is 24.3 Å². The summed E-state index contributed by atoms with van der Waals surface area (Å²) in [4.78, 5) is 21.8. The third-order valence-corrected chi connectivity index (χ3v) is 2.12. The maximum absolute atomic E-state index is 12.5. The first kappa shape index (κ1) is 11.7. The molecule has 1 N–H and O–H groups in total. The predicted octanol–water partition coefficient (Wildman–Crippen LogP) is 2.09. The Labute approximate surface area is 90.5 Å².